The number of anilines is 2. The number of benzene rings is 2. The Morgan fingerprint density at radius 3 is 2.57 bits per heavy atom. The third-order valence-electron chi connectivity index (χ3n) is 12.8. The molecule has 2 aromatic heterocycles. The van der Waals surface area contributed by atoms with Crippen LogP contribution in [0.15, 0.2) is 77.0 Å². The van der Waals surface area contributed by atoms with Crippen molar-refractivity contribution in [3.8, 4) is 11.5 Å². The van der Waals surface area contributed by atoms with Gasteiger partial charge in [-0.25, -0.2) is 18.1 Å². The lowest BCUT2D eigenvalue weighted by Crippen LogP contribution is -2.64. The summed E-state index contributed by atoms with van der Waals surface area (Å²) in [5.41, 5.74) is 4.98. The van der Waals surface area contributed by atoms with Gasteiger partial charge in [-0.15, -0.1) is 11.6 Å². The van der Waals surface area contributed by atoms with Crippen LogP contribution in [0.25, 0.3) is 11.0 Å². The van der Waals surface area contributed by atoms with E-state index in [1.54, 1.807) is 41.6 Å². The summed E-state index contributed by atoms with van der Waals surface area (Å²) in [6, 6.07) is 12.3. The molecule has 2 bridgehead atoms. The number of pyridine rings is 1. The average molecular weight is 830 g/mol. The van der Waals surface area contributed by atoms with E-state index < -0.39 is 31.4 Å². The summed E-state index contributed by atoms with van der Waals surface area (Å²) >= 11 is 6.67. The zero-order chi connectivity index (χ0) is 40.1. The number of nitro benzene ring substituents is 1. The van der Waals surface area contributed by atoms with Crippen molar-refractivity contribution >= 4 is 55.6 Å². The van der Waals surface area contributed by atoms with Crippen molar-refractivity contribution in [3.63, 3.8) is 0 Å². The zero-order valence-electron chi connectivity index (χ0n) is 32.3. The van der Waals surface area contributed by atoms with Crippen LogP contribution in [0.4, 0.5) is 17.1 Å². The molecular formula is C42H48ClN7O7S. The number of aromatic nitrogens is 2. The number of rotatable bonds is 13. The Morgan fingerprint density at radius 1 is 1.03 bits per heavy atom. The highest BCUT2D eigenvalue weighted by molar-refractivity contribution is 7.90. The van der Waals surface area contributed by atoms with E-state index in [9.17, 15) is 23.3 Å². The van der Waals surface area contributed by atoms with E-state index in [1.807, 2.05) is 6.07 Å². The van der Waals surface area contributed by atoms with Gasteiger partial charge in [-0.3, -0.25) is 19.8 Å². The minimum Gasteiger partial charge on any atom is -0.455 e. The second-order valence-corrected chi connectivity index (χ2v) is 19.2. The molecule has 0 atom stereocenters. The second kappa shape index (κ2) is 15.5. The van der Waals surface area contributed by atoms with Gasteiger partial charge in [0.25, 0.3) is 21.6 Å². The molecule has 58 heavy (non-hydrogen) atoms. The van der Waals surface area contributed by atoms with Gasteiger partial charge in [-0.05, 0) is 106 Å². The number of aromatic amines is 1. The Hall–Kier alpha value is -4.70. The molecule has 306 valence electrons. The number of hydrogen-bond donors (Lipinski definition) is 3. The fourth-order valence-electron chi connectivity index (χ4n) is 9.70. The van der Waals surface area contributed by atoms with Gasteiger partial charge < -0.3 is 24.7 Å². The van der Waals surface area contributed by atoms with Crippen LogP contribution in [0.3, 0.4) is 0 Å². The molecule has 10 rings (SSSR count). The van der Waals surface area contributed by atoms with Crippen molar-refractivity contribution in [2.45, 2.75) is 67.6 Å². The maximum Gasteiger partial charge on any atom is 0.293 e. The molecule has 0 unspecified atom stereocenters. The van der Waals surface area contributed by atoms with Gasteiger partial charge in [0.2, 0.25) is 0 Å². The lowest BCUT2D eigenvalue weighted by molar-refractivity contribution is -0.384. The monoisotopic (exact) mass is 829 g/mol. The van der Waals surface area contributed by atoms with Gasteiger partial charge in [0, 0.05) is 86.8 Å². The lowest BCUT2D eigenvalue weighted by Gasteiger charge is -2.69. The summed E-state index contributed by atoms with van der Waals surface area (Å²) < 4.78 is 41.1. The smallest absolute Gasteiger partial charge is 0.293 e. The minimum absolute atomic E-state index is 0.0199. The topological polar surface area (TPSA) is 172 Å². The Balaban J connectivity index is 0.921. The Bertz CT molecular complexity index is 2370. The predicted molar refractivity (Wildman–Crippen MR) is 221 cm³/mol. The van der Waals surface area contributed by atoms with Crippen molar-refractivity contribution in [2.24, 2.45) is 11.3 Å². The molecule has 3 N–H and O–H groups in total. The molecule has 0 spiro atoms. The number of nitrogens with zero attached hydrogens (tertiary/aromatic N) is 4. The molecule has 16 heteroatoms. The third-order valence-corrected chi connectivity index (χ3v) is 14.5. The van der Waals surface area contributed by atoms with Crippen LogP contribution < -0.4 is 19.7 Å². The molecule has 2 aromatic carbocycles. The van der Waals surface area contributed by atoms with Gasteiger partial charge in [-0.2, -0.15) is 0 Å². The number of piperazine rings is 1. The summed E-state index contributed by atoms with van der Waals surface area (Å²) in [5.74, 6) is -0.142. The first-order chi connectivity index (χ1) is 28.0. The number of alkyl halides is 1. The van der Waals surface area contributed by atoms with E-state index in [-0.39, 0.29) is 27.8 Å². The van der Waals surface area contributed by atoms with Crippen molar-refractivity contribution in [1.29, 1.82) is 0 Å². The fraction of sp³-hybridized carbons (Fsp3) is 0.476. The Labute approximate surface area is 342 Å². The number of halogens is 1. The molecule has 0 radical (unpaired) electrons. The fourth-order valence-corrected chi connectivity index (χ4v) is 11.5. The zero-order valence-corrected chi connectivity index (χ0v) is 33.9. The van der Waals surface area contributed by atoms with Crippen LogP contribution in [0.2, 0.25) is 0 Å². The number of carbonyl (C=O) groups is 1. The highest BCUT2D eigenvalue weighted by Gasteiger charge is 2.68. The number of amides is 1. The summed E-state index contributed by atoms with van der Waals surface area (Å²) in [4.78, 5) is 37.2. The first-order valence-electron chi connectivity index (χ1n) is 20.3. The molecular weight excluding hydrogens is 782 g/mol. The van der Waals surface area contributed by atoms with Crippen LogP contribution in [0.1, 0.15) is 68.1 Å². The van der Waals surface area contributed by atoms with E-state index in [1.165, 1.54) is 44.0 Å². The standard InChI is InChI=1S/C42H48ClN7O7S/c43-42-25-41(26-42,27-42)35-4-2-1-3-30(35)24-48-13-15-49(16-14-48)31-5-7-34(38(20-31)57-32-19-29-9-12-44-39(29)46-23-32)40(51)47-58(54,55)33-6-8-36(37(21-33)50(52)53)45-22-28-10-17-56-18-11-28/h5-9,12,19-21,23,28,45H,1-4,10-11,13-18,22,24-27H2,(H,44,46)(H,47,51). The van der Waals surface area contributed by atoms with E-state index in [4.69, 9.17) is 21.1 Å². The van der Waals surface area contributed by atoms with Crippen molar-refractivity contribution in [2.75, 3.05) is 62.7 Å². The number of carbonyl (C=O) groups excluding carboxylic acids is 1. The van der Waals surface area contributed by atoms with Gasteiger partial charge in [-0.1, -0.05) is 11.1 Å². The van der Waals surface area contributed by atoms with Crippen molar-refractivity contribution in [1.82, 2.24) is 19.6 Å². The molecule has 2 saturated heterocycles. The number of nitro groups is 1. The number of H-pyrrole nitrogens is 1. The first-order valence-corrected chi connectivity index (χ1v) is 22.1. The number of sulfonamides is 1. The van der Waals surface area contributed by atoms with E-state index in [2.05, 4.69) is 29.8 Å². The van der Waals surface area contributed by atoms with Gasteiger partial charge in [0.1, 0.15) is 22.8 Å². The Morgan fingerprint density at radius 2 is 1.81 bits per heavy atom. The number of nitrogens with one attached hydrogen (secondary N) is 3. The highest BCUT2D eigenvalue weighted by Crippen LogP contribution is 2.75. The van der Waals surface area contributed by atoms with Crippen LogP contribution >= 0.6 is 11.6 Å². The van der Waals surface area contributed by atoms with Crippen LogP contribution in [-0.4, -0.2) is 91.5 Å². The van der Waals surface area contributed by atoms with Crippen LogP contribution in [0.5, 0.6) is 11.5 Å². The van der Waals surface area contributed by atoms with Crippen LogP contribution in [0, 0.1) is 21.4 Å². The average Bonchev–Trinajstić information content (AvgIpc) is 3.67. The maximum atomic E-state index is 13.9. The largest absolute Gasteiger partial charge is 0.455 e. The summed E-state index contributed by atoms with van der Waals surface area (Å²) in [6.45, 7) is 6.05. The molecule has 1 amide bonds. The van der Waals surface area contributed by atoms with Gasteiger partial charge in [0.05, 0.1) is 21.6 Å². The third kappa shape index (κ3) is 7.76. The normalized spacial score (nSPS) is 23.9. The summed E-state index contributed by atoms with van der Waals surface area (Å²) in [5, 5.41) is 16.0. The molecule has 4 aromatic rings. The first kappa shape index (κ1) is 38.8. The minimum atomic E-state index is -4.53. The maximum absolute atomic E-state index is 13.9. The Kier molecular flexibility index (Phi) is 10.4. The summed E-state index contributed by atoms with van der Waals surface area (Å²) in [6.07, 6.45) is 13.3. The molecule has 6 aliphatic rings. The van der Waals surface area contributed by atoms with E-state index in [0.29, 0.717) is 36.6 Å². The quantitative estimate of drug-likeness (QED) is 0.0532. The second-order valence-electron chi connectivity index (χ2n) is 16.7. The molecule has 4 heterocycles. The molecule has 3 saturated carbocycles. The number of hydrogen-bond acceptors (Lipinski definition) is 11. The van der Waals surface area contributed by atoms with E-state index >= 15 is 0 Å². The van der Waals surface area contributed by atoms with Crippen molar-refractivity contribution in [3.05, 3.63) is 87.7 Å². The lowest BCUT2D eigenvalue weighted by atomic mass is 9.40. The van der Waals surface area contributed by atoms with E-state index in [0.717, 1.165) is 82.0 Å². The molecule has 14 nitrogen and oxygen atoms in total. The number of ether oxygens (including phenoxy) is 2. The molecule has 2 aliphatic heterocycles. The SMILES string of the molecule is O=C(NS(=O)(=O)c1ccc(NCC2CCOCC2)c([N+](=O)[O-])c1)c1ccc(N2CCN(CC3=C(C45CC(Cl)(C4)C5)CCCC3)CC2)cc1Oc1cnc2[nH]ccc2c1. The predicted octanol–water partition coefficient (Wildman–Crippen LogP) is 7.37. The molecule has 5 fully saturated rings. The molecule has 4 aliphatic carbocycles. The number of fused-ring (bicyclic) bond motifs is 1. The van der Waals surface area contributed by atoms with Crippen molar-refractivity contribution < 1.29 is 27.6 Å². The van der Waals surface area contributed by atoms with Gasteiger partial charge >= 0.3 is 0 Å². The summed E-state index contributed by atoms with van der Waals surface area (Å²) in [7, 11) is -4.53. The van der Waals surface area contributed by atoms with Crippen LogP contribution in [-0.2, 0) is 14.8 Å². The van der Waals surface area contributed by atoms with Gasteiger partial charge in [0.15, 0.2) is 0 Å². The number of allylic oxidation sites excluding steroid dienone is 1. The highest BCUT2D eigenvalue weighted by atomic mass is 35.5.